The van der Waals surface area contributed by atoms with Crippen molar-refractivity contribution in [1.29, 1.82) is 0 Å². The predicted octanol–water partition coefficient (Wildman–Crippen LogP) is 4.31. The Labute approximate surface area is 180 Å². The van der Waals surface area contributed by atoms with Crippen molar-refractivity contribution in [1.82, 2.24) is 14.9 Å². The van der Waals surface area contributed by atoms with E-state index in [2.05, 4.69) is 9.97 Å². The fourth-order valence-electron chi connectivity index (χ4n) is 4.22. The molecule has 1 amide bonds. The van der Waals surface area contributed by atoms with Gasteiger partial charge in [0.15, 0.2) is 0 Å². The van der Waals surface area contributed by atoms with Crippen LogP contribution in [-0.2, 0) is 24.5 Å². The molecule has 31 heavy (non-hydrogen) atoms. The highest BCUT2D eigenvalue weighted by atomic mass is 19.1. The summed E-state index contributed by atoms with van der Waals surface area (Å²) in [7, 11) is 0. The van der Waals surface area contributed by atoms with Gasteiger partial charge >= 0.3 is 0 Å². The first kappa shape index (κ1) is 19.9. The summed E-state index contributed by atoms with van der Waals surface area (Å²) in [6.07, 6.45) is 5.00. The number of ether oxygens (including phenoxy) is 1. The number of halogens is 1. The normalized spacial score (nSPS) is 15.3. The molecule has 0 radical (unpaired) electrons. The number of nitrogens with two attached hydrogens (primary N) is 1. The number of hydrogen-bond acceptors (Lipinski definition) is 5. The summed E-state index contributed by atoms with van der Waals surface area (Å²) in [4.78, 5) is 23.9. The van der Waals surface area contributed by atoms with Gasteiger partial charge in [-0.15, -0.1) is 0 Å². The van der Waals surface area contributed by atoms with Gasteiger partial charge in [0.05, 0.1) is 24.3 Å². The first-order valence-corrected chi connectivity index (χ1v) is 10.8. The Hall–Kier alpha value is -3.06. The van der Waals surface area contributed by atoms with Crippen LogP contribution < -0.4 is 5.73 Å². The first-order chi connectivity index (χ1) is 15.0. The number of anilines is 1. The zero-order valence-corrected chi connectivity index (χ0v) is 17.5. The molecular weight excluding hydrogens is 395 g/mol. The number of benzene rings is 1. The van der Waals surface area contributed by atoms with Crippen LogP contribution in [0.4, 0.5) is 10.2 Å². The second-order valence-electron chi connectivity index (χ2n) is 8.39. The number of hydrogen-bond donors (Lipinski definition) is 1. The van der Waals surface area contributed by atoms with Crippen LogP contribution in [-0.4, -0.2) is 27.3 Å². The second-order valence-corrected chi connectivity index (χ2v) is 8.39. The molecule has 0 spiro atoms. The van der Waals surface area contributed by atoms with Crippen LogP contribution in [0.2, 0.25) is 0 Å². The highest BCUT2D eigenvalue weighted by Crippen LogP contribution is 2.38. The summed E-state index contributed by atoms with van der Waals surface area (Å²) >= 11 is 0. The largest absolute Gasteiger partial charge is 0.383 e. The SMILES string of the molecule is CCCN(Cc1ccc(C2CC2)nc1)C(=O)c1cc2c3c(c(N)nc2cc1F)COC3. The molecule has 7 heteroatoms. The average molecular weight is 420 g/mol. The maximum Gasteiger partial charge on any atom is 0.257 e. The molecule has 1 saturated carbocycles. The quantitative estimate of drug-likeness (QED) is 0.643. The number of nitrogens with zero attached hydrogens (tertiary/aromatic N) is 3. The molecule has 1 aliphatic heterocycles. The smallest absolute Gasteiger partial charge is 0.257 e. The molecule has 2 N–H and O–H groups in total. The van der Waals surface area contributed by atoms with E-state index in [-0.39, 0.29) is 11.5 Å². The maximum absolute atomic E-state index is 15.0. The van der Waals surface area contributed by atoms with Gasteiger partial charge in [0.25, 0.3) is 5.91 Å². The minimum absolute atomic E-state index is 0.0455. The van der Waals surface area contributed by atoms with Crippen molar-refractivity contribution in [2.75, 3.05) is 12.3 Å². The van der Waals surface area contributed by atoms with E-state index in [4.69, 9.17) is 10.5 Å². The van der Waals surface area contributed by atoms with Gasteiger partial charge in [-0.1, -0.05) is 13.0 Å². The van der Waals surface area contributed by atoms with Gasteiger partial charge in [-0.2, -0.15) is 0 Å². The Kier molecular flexibility index (Phi) is 5.06. The van der Waals surface area contributed by atoms with E-state index >= 15 is 0 Å². The molecule has 0 saturated heterocycles. The fourth-order valence-corrected chi connectivity index (χ4v) is 4.22. The van der Waals surface area contributed by atoms with E-state index in [0.717, 1.165) is 34.2 Å². The molecule has 160 valence electrons. The molecule has 6 nitrogen and oxygen atoms in total. The van der Waals surface area contributed by atoms with Crippen LogP contribution in [0.25, 0.3) is 10.9 Å². The summed E-state index contributed by atoms with van der Waals surface area (Å²) in [6, 6.07) is 6.96. The highest BCUT2D eigenvalue weighted by molar-refractivity contribution is 5.99. The Balaban J connectivity index is 1.47. The summed E-state index contributed by atoms with van der Waals surface area (Å²) in [5.41, 5.74) is 10.2. The standard InChI is InChI=1S/C24H25FN4O2/c1-2-7-29(11-14-3-6-21(27-10-14)15-4-5-15)24(30)17-8-16-18-12-31-13-19(18)23(26)28-22(16)9-20(17)25/h3,6,8-10,15H,2,4-5,7,11-13H2,1H3,(H2,26,28). The van der Waals surface area contributed by atoms with E-state index < -0.39 is 5.82 Å². The number of pyridine rings is 2. The topological polar surface area (TPSA) is 81.3 Å². The monoisotopic (exact) mass is 420 g/mol. The summed E-state index contributed by atoms with van der Waals surface area (Å²) in [5.74, 6) is 0.0132. The summed E-state index contributed by atoms with van der Waals surface area (Å²) in [6.45, 7) is 3.69. The third kappa shape index (κ3) is 3.74. The Morgan fingerprint density at radius 3 is 2.77 bits per heavy atom. The van der Waals surface area contributed by atoms with E-state index in [1.54, 1.807) is 11.0 Å². The molecule has 1 fully saturated rings. The molecule has 0 unspecified atom stereocenters. The third-order valence-electron chi connectivity index (χ3n) is 6.05. The van der Waals surface area contributed by atoms with Crippen LogP contribution in [0.5, 0.6) is 0 Å². The lowest BCUT2D eigenvalue weighted by Crippen LogP contribution is -2.32. The minimum atomic E-state index is -0.591. The molecule has 5 rings (SSSR count). The molecule has 2 aliphatic rings. The molecule has 3 heterocycles. The van der Waals surface area contributed by atoms with Crippen molar-refractivity contribution in [2.45, 2.75) is 51.9 Å². The summed E-state index contributed by atoms with van der Waals surface area (Å²) < 4.78 is 20.5. The number of carbonyl (C=O) groups excluding carboxylic acids is 1. The molecule has 0 atom stereocenters. The van der Waals surface area contributed by atoms with Gasteiger partial charge in [0.2, 0.25) is 0 Å². The molecular formula is C24H25FN4O2. The average Bonchev–Trinajstić information content (AvgIpc) is 3.49. The van der Waals surface area contributed by atoms with Crippen molar-refractivity contribution in [3.8, 4) is 0 Å². The number of nitrogen functional groups attached to an aromatic ring is 1. The van der Waals surface area contributed by atoms with Crippen molar-refractivity contribution < 1.29 is 13.9 Å². The van der Waals surface area contributed by atoms with Crippen molar-refractivity contribution in [3.05, 3.63) is 64.2 Å². The number of aromatic nitrogens is 2. The van der Waals surface area contributed by atoms with E-state index in [1.165, 1.54) is 18.9 Å². The first-order valence-electron chi connectivity index (χ1n) is 10.8. The second kappa shape index (κ2) is 7.89. The van der Waals surface area contributed by atoms with Gasteiger partial charge in [0, 0.05) is 47.9 Å². The zero-order chi connectivity index (χ0) is 21.5. The lowest BCUT2D eigenvalue weighted by atomic mass is 10.0. The van der Waals surface area contributed by atoms with Gasteiger partial charge < -0.3 is 15.4 Å². The number of rotatable bonds is 6. The van der Waals surface area contributed by atoms with Crippen LogP contribution in [0, 0.1) is 5.82 Å². The van der Waals surface area contributed by atoms with E-state index in [0.29, 0.717) is 43.6 Å². The molecule has 2 aromatic heterocycles. The predicted molar refractivity (Wildman–Crippen MR) is 116 cm³/mol. The summed E-state index contributed by atoms with van der Waals surface area (Å²) in [5, 5.41) is 0.721. The van der Waals surface area contributed by atoms with Gasteiger partial charge in [-0.3, -0.25) is 9.78 Å². The Bertz CT molecular complexity index is 1160. The number of amides is 1. The van der Waals surface area contributed by atoms with E-state index in [9.17, 15) is 9.18 Å². The van der Waals surface area contributed by atoms with E-state index in [1.807, 2.05) is 25.3 Å². The van der Waals surface area contributed by atoms with Gasteiger partial charge in [0.1, 0.15) is 11.6 Å². The zero-order valence-electron chi connectivity index (χ0n) is 17.5. The highest BCUT2D eigenvalue weighted by Gasteiger charge is 2.26. The molecule has 0 bridgehead atoms. The Morgan fingerprint density at radius 1 is 1.26 bits per heavy atom. The van der Waals surface area contributed by atoms with Gasteiger partial charge in [-0.25, -0.2) is 9.37 Å². The van der Waals surface area contributed by atoms with Gasteiger partial charge in [-0.05, 0) is 42.5 Å². The number of fused-ring (bicyclic) bond motifs is 3. The van der Waals surface area contributed by atoms with Crippen LogP contribution in [0.1, 0.15) is 64.8 Å². The molecule has 1 aromatic carbocycles. The lowest BCUT2D eigenvalue weighted by molar-refractivity contribution is 0.0738. The lowest BCUT2D eigenvalue weighted by Gasteiger charge is -2.23. The Morgan fingerprint density at radius 2 is 2.06 bits per heavy atom. The fraction of sp³-hybridized carbons (Fsp3) is 0.375. The van der Waals surface area contributed by atoms with Crippen molar-refractivity contribution in [2.24, 2.45) is 0 Å². The van der Waals surface area contributed by atoms with Crippen LogP contribution in [0.15, 0.2) is 30.5 Å². The van der Waals surface area contributed by atoms with Crippen LogP contribution >= 0.6 is 0 Å². The maximum atomic E-state index is 15.0. The van der Waals surface area contributed by atoms with Crippen molar-refractivity contribution >= 4 is 22.6 Å². The third-order valence-corrected chi connectivity index (χ3v) is 6.05. The van der Waals surface area contributed by atoms with Crippen LogP contribution in [0.3, 0.4) is 0 Å². The number of carbonyl (C=O) groups is 1. The minimum Gasteiger partial charge on any atom is -0.383 e. The molecule has 1 aliphatic carbocycles. The van der Waals surface area contributed by atoms with Crippen molar-refractivity contribution in [3.63, 3.8) is 0 Å². The molecule has 3 aromatic rings.